The average Bonchev–Trinajstić information content (AvgIpc) is 2.95. The van der Waals surface area contributed by atoms with Crippen molar-refractivity contribution in [3.63, 3.8) is 0 Å². The minimum Gasteiger partial charge on any atom is -0.357 e. The summed E-state index contributed by atoms with van der Waals surface area (Å²) in [7, 11) is 1.91. The number of thioether (sulfide) groups is 1. The van der Waals surface area contributed by atoms with Crippen molar-refractivity contribution in [2.24, 2.45) is 12.0 Å². The first kappa shape index (κ1) is 16.4. The van der Waals surface area contributed by atoms with Crippen LogP contribution < -0.4 is 10.6 Å². The lowest BCUT2D eigenvalue weighted by molar-refractivity contribution is 0.766. The van der Waals surface area contributed by atoms with Crippen LogP contribution in [0.2, 0.25) is 0 Å². The molecule has 0 saturated carbocycles. The van der Waals surface area contributed by atoms with Crippen LogP contribution in [-0.4, -0.2) is 34.6 Å². The Labute approximate surface area is 136 Å². The van der Waals surface area contributed by atoms with Gasteiger partial charge in [0.25, 0.3) is 0 Å². The molecule has 22 heavy (non-hydrogen) atoms. The maximum Gasteiger partial charge on any atom is 0.191 e. The number of aromatic nitrogens is 2. The molecule has 0 spiro atoms. The van der Waals surface area contributed by atoms with Crippen LogP contribution in [0.15, 0.2) is 52.6 Å². The molecule has 2 aromatic rings. The fourth-order valence-electron chi connectivity index (χ4n) is 1.92. The van der Waals surface area contributed by atoms with Gasteiger partial charge in [0.1, 0.15) is 0 Å². The smallest absolute Gasteiger partial charge is 0.191 e. The molecule has 0 radical (unpaired) electrons. The van der Waals surface area contributed by atoms with Crippen LogP contribution in [0, 0.1) is 0 Å². The van der Waals surface area contributed by atoms with Crippen LogP contribution >= 0.6 is 11.8 Å². The highest BCUT2D eigenvalue weighted by Crippen LogP contribution is 2.15. The average molecular weight is 317 g/mol. The minimum absolute atomic E-state index is 0.634. The molecule has 0 aliphatic carbocycles. The van der Waals surface area contributed by atoms with Crippen LogP contribution in [0.1, 0.15) is 12.5 Å². The third kappa shape index (κ3) is 5.81. The number of rotatable bonds is 7. The SMILES string of the molecule is CCNC(=NCc1cnn(C)c1)NCCSc1ccccc1. The monoisotopic (exact) mass is 317 g/mol. The number of hydrogen-bond acceptors (Lipinski definition) is 3. The highest BCUT2D eigenvalue weighted by atomic mass is 32.2. The fourth-order valence-corrected chi connectivity index (χ4v) is 2.71. The maximum absolute atomic E-state index is 4.57. The number of guanidine groups is 1. The predicted molar refractivity (Wildman–Crippen MR) is 93.2 cm³/mol. The van der Waals surface area contributed by atoms with Gasteiger partial charge in [-0.3, -0.25) is 4.68 Å². The van der Waals surface area contributed by atoms with Gasteiger partial charge in [-0.2, -0.15) is 5.10 Å². The number of nitrogens with one attached hydrogen (secondary N) is 2. The van der Waals surface area contributed by atoms with Gasteiger partial charge in [0.2, 0.25) is 0 Å². The van der Waals surface area contributed by atoms with Gasteiger partial charge >= 0.3 is 0 Å². The molecule has 1 aromatic carbocycles. The summed E-state index contributed by atoms with van der Waals surface area (Å²) in [6, 6.07) is 10.4. The summed E-state index contributed by atoms with van der Waals surface area (Å²) < 4.78 is 1.79. The Balaban J connectivity index is 1.76. The van der Waals surface area contributed by atoms with Gasteiger partial charge in [0.05, 0.1) is 12.7 Å². The molecule has 118 valence electrons. The van der Waals surface area contributed by atoms with E-state index in [1.807, 2.05) is 37.3 Å². The first-order valence-electron chi connectivity index (χ1n) is 7.45. The summed E-state index contributed by atoms with van der Waals surface area (Å²) in [6.45, 7) is 4.43. The van der Waals surface area contributed by atoms with Crippen molar-refractivity contribution in [3.8, 4) is 0 Å². The van der Waals surface area contributed by atoms with E-state index in [-0.39, 0.29) is 0 Å². The molecule has 2 rings (SSSR count). The predicted octanol–water partition coefficient (Wildman–Crippen LogP) is 2.27. The first-order chi connectivity index (χ1) is 10.8. The minimum atomic E-state index is 0.634. The zero-order valence-corrected chi connectivity index (χ0v) is 13.9. The molecule has 0 aliphatic rings. The molecule has 0 bridgehead atoms. The molecule has 1 heterocycles. The lowest BCUT2D eigenvalue weighted by Crippen LogP contribution is -2.38. The van der Waals surface area contributed by atoms with E-state index in [1.54, 1.807) is 4.68 Å². The Hall–Kier alpha value is -1.95. The first-order valence-corrected chi connectivity index (χ1v) is 8.44. The molecule has 6 heteroatoms. The number of hydrogen-bond donors (Lipinski definition) is 2. The van der Waals surface area contributed by atoms with Crippen molar-refractivity contribution in [2.75, 3.05) is 18.8 Å². The van der Waals surface area contributed by atoms with E-state index < -0.39 is 0 Å². The van der Waals surface area contributed by atoms with Crippen molar-refractivity contribution >= 4 is 17.7 Å². The quantitative estimate of drug-likeness (QED) is 0.356. The zero-order valence-electron chi connectivity index (χ0n) is 13.1. The van der Waals surface area contributed by atoms with Crippen molar-refractivity contribution in [1.29, 1.82) is 0 Å². The normalized spacial score (nSPS) is 11.5. The molecule has 0 aliphatic heterocycles. The van der Waals surface area contributed by atoms with E-state index in [0.717, 1.165) is 30.4 Å². The van der Waals surface area contributed by atoms with Crippen LogP contribution in [0.3, 0.4) is 0 Å². The van der Waals surface area contributed by atoms with E-state index in [9.17, 15) is 0 Å². The summed E-state index contributed by atoms with van der Waals surface area (Å²) in [5, 5.41) is 10.8. The van der Waals surface area contributed by atoms with Gasteiger partial charge in [0, 0.05) is 42.5 Å². The van der Waals surface area contributed by atoms with Crippen LogP contribution in [-0.2, 0) is 13.6 Å². The number of benzene rings is 1. The van der Waals surface area contributed by atoms with Crippen LogP contribution in [0.4, 0.5) is 0 Å². The molecule has 0 saturated heterocycles. The summed E-state index contributed by atoms with van der Waals surface area (Å²) in [4.78, 5) is 5.87. The Kier molecular flexibility index (Phi) is 6.83. The molecule has 0 amide bonds. The van der Waals surface area contributed by atoms with E-state index in [1.165, 1.54) is 4.90 Å². The van der Waals surface area contributed by atoms with Gasteiger partial charge in [-0.25, -0.2) is 4.99 Å². The lowest BCUT2D eigenvalue weighted by Gasteiger charge is -2.10. The third-order valence-corrected chi connectivity index (χ3v) is 3.94. The standard InChI is InChI=1S/C16H23N5S/c1-3-17-16(19-11-14-12-20-21(2)13-14)18-9-10-22-15-7-5-4-6-8-15/h4-8,12-13H,3,9-11H2,1-2H3,(H2,17,18,19). The molecule has 0 atom stereocenters. The highest BCUT2D eigenvalue weighted by Gasteiger charge is 1.99. The second kappa shape index (κ2) is 9.15. The maximum atomic E-state index is 4.57. The fraction of sp³-hybridized carbons (Fsp3) is 0.375. The van der Waals surface area contributed by atoms with E-state index in [2.05, 4.69) is 51.9 Å². The molecule has 2 N–H and O–H groups in total. The van der Waals surface area contributed by atoms with Gasteiger partial charge in [0.15, 0.2) is 5.96 Å². The molecule has 1 aromatic heterocycles. The largest absolute Gasteiger partial charge is 0.357 e. The molecular weight excluding hydrogens is 294 g/mol. The third-order valence-electron chi connectivity index (χ3n) is 2.93. The molecule has 0 unspecified atom stereocenters. The summed E-state index contributed by atoms with van der Waals surface area (Å²) >= 11 is 1.84. The zero-order chi connectivity index (χ0) is 15.6. The van der Waals surface area contributed by atoms with Crippen LogP contribution in [0.25, 0.3) is 0 Å². The molecule has 5 nitrogen and oxygen atoms in total. The highest BCUT2D eigenvalue weighted by molar-refractivity contribution is 7.99. The van der Waals surface area contributed by atoms with Crippen molar-refractivity contribution in [3.05, 3.63) is 48.3 Å². The summed E-state index contributed by atoms with van der Waals surface area (Å²) in [5.41, 5.74) is 1.11. The number of nitrogens with zero attached hydrogens (tertiary/aromatic N) is 3. The second-order valence-electron chi connectivity index (χ2n) is 4.81. The number of aryl methyl sites for hydroxylation is 1. The van der Waals surface area contributed by atoms with Crippen LogP contribution in [0.5, 0.6) is 0 Å². The van der Waals surface area contributed by atoms with Gasteiger partial charge < -0.3 is 10.6 Å². The molecular formula is C16H23N5S. The van der Waals surface area contributed by atoms with Gasteiger partial charge in [-0.05, 0) is 19.1 Å². The summed E-state index contributed by atoms with van der Waals surface area (Å²) in [6.07, 6.45) is 3.83. The Bertz CT molecular complexity index is 579. The van der Waals surface area contributed by atoms with Gasteiger partial charge in [-0.15, -0.1) is 11.8 Å². The van der Waals surface area contributed by atoms with Crippen molar-refractivity contribution in [1.82, 2.24) is 20.4 Å². The Morgan fingerprint density at radius 3 is 2.77 bits per heavy atom. The van der Waals surface area contributed by atoms with E-state index >= 15 is 0 Å². The Morgan fingerprint density at radius 1 is 1.27 bits per heavy atom. The van der Waals surface area contributed by atoms with Crippen molar-refractivity contribution in [2.45, 2.75) is 18.4 Å². The second-order valence-corrected chi connectivity index (χ2v) is 5.97. The van der Waals surface area contributed by atoms with E-state index in [0.29, 0.717) is 6.54 Å². The Morgan fingerprint density at radius 2 is 2.09 bits per heavy atom. The van der Waals surface area contributed by atoms with E-state index in [4.69, 9.17) is 0 Å². The lowest BCUT2D eigenvalue weighted by atomic mass is 10.4. The van der Waals surface area contributed by atoms with Gasteiger partial charge in [-0.1, -0.05) is 18.2 Å². The van der Waals surface area contributed by atoms with Crippen molar-refractivity contribution < 1.29 is 0 Å². The number of aliphatic imine (C=N–C) groups is 1. The topological polar surface area (TPSA) is 54.2 Å². The molecule has 0 fully saturated rings. The summed E-state index contributed by atoms with van der Waals surface area (Å²) in [5.74, 6) is 1.85.